The van der Waals surface area contributed by atoms with Gasteiger partial charge in [-0.25, -0.2) is 0 Å². The molecule has 1 heterocycles. The number of nitrogens with zero attached hydrogens (tertiary/aromatic N) is 1. The summed E-state index contributed by atoms with van der Waals surface area (Å²) in [6.07, 6.45) is 0.704. The van der Waals surface area contributed by atoms with E-state index in [1.165, 1.54) is 11.3 Å². The zero-order valence-corrected chi connectivity index (χ0v) is 9.30. The molecule has 1 amide bonds. The predicted molar refractivity (Wildman–Crippen MR) is 60.5 cm³/mol. The van der Waals surface area contributed by atoms with E-state index in [1.54, 1.807) is 11.4 Å². The number of hydrogen-bond donors (Lipinski definition) is 2. The van der Waals surface area contributed by atoms with Crippen LogP contribution in [0.25, 0.3) is 0 Å². The first-order valence-corrected chi connectivity index (χ1v) is 5.59. The lowest BCUT2D eigenvalue weighted by molar-refractivity contribution is -0.119. The van der Waals surface area contributed by atoms with E-state index in [9.17, 15) is 4.79 Å². The minimum absolute atomic E-state index is 0.112. The summed E-state index contributed by atoms with van der Waals surface area (Å²) >= 11 is 1.35. The summed E-state index contributed by atoms with van der Waals surface area (Å²) in [5, 5.41) is 13.9. The van der Waals surface area contributed by atoms with Crippen LogP contribution < -0.4 is 11.1 Å². The number of anilines is 1. The fourth-order valence-electron chi connectivity index (χ4n) is 1.17. The molecule has 0 saturated carbocycles. The van der Waals surface area contributed by atoms with Crippen molar-refractivity contribution in [3.8, 4) is 6.07 Å². The molecule has 0 aliphatic carbocycles. The third kappa shape index (κ3) is 2.78. The van der Waals surface area contributed by atoms with Crippen molar-refractivity contribution in [2.75, 3.05) is 11.9 Å². The van der Waals surface area contributed by atoms with Crippen molar-refractivity contribution in [3.05, 3.63) is 17.0 Å². The van der Waals surface area contributed by atoms with Gasteiger partial charge in [0.15, 0.2) is 0 Å². The lowest BCUT2D eigenvalue weighted by Gasteiger charge is -2.11. The highest BCUT2D eigenvalue weighted by molar-refractivity contribution is 7.14. The summed E-state index contributed by atoms with van der Waals surface area (Å²) in [6, 6.07) is 3.70. The lowest BCUT2D eigenvalue weighted by Crippen LogP contribution is -2.28. The van der Waals surface area contributed by atoms with E-state index in [0.717, 1.165) is 0 Å². The van der Waals surface area contributed by atoms with Crippen LogP contribution in [0.15, 0.2) is 11.4 Å². The monoisotopic (exact) mass is 223 g/mol. The number of rotatable bonds is 4. The van der Waals surface area contributed by atoms with Crippen molar-refractivity contribution in [3.63, 3.8) is 0 Å². The zero-order chi connectivity index (χ0) is 11.3. The molecule has 15 heavy (non-hydrogen) atoms. The normalized spacial score (nSPS) is 11.8. The van der Waals surface area contributed by atoms with E-state index in [0.29, 0.717) is 23.5 Å². The average Bonchev–Trinajstić information content (AvgIpc) is 2.67. The smallest absolute Gasteiger partial charge is 0.229 e. The highest BCUT2D eigenvalue weighted by Crippen LogP contribution is 2.22. The van der Waals surface area contributed by atoms with Crippen LogP contribution in [0.2, 0.25) is 0 Å². The maximum atomic E-state index is 11.6. The molecule has 0 saturated heterocycles. The minimum Gasteiger partial charge on any atom is -0.330 e. The van der Waals surface area contributed by atoms with Crippen LogP contribution in [-0.4, -0.2) is 12.5 Å². The highest BCUT2D eigenvalue weighted by atomic mass is 32.1. The largest absolute Gasteiger partial charge is 0.330 e. The Morgan fingerprint density at radius 3 is 3.07 bits per heavy atom. The minimum atomic E-state index is -0.182. The molecule has 0 bridgehead atoms. The molecular formula is C10H13N3OS. The summed E-state index contributed by atoms with van der Waals surface area (Å²) < 4.78 is 0. The number of amides is 1. The summed E-state index contributed by atoms with van der Waals surface area (Å²) in [6.45, 7) is 2.24. The van der Waals surface area contributed by atoms with Gasteiger partial charge in [0, 0.05) is 6.54 Å². The first-order valence-electron chi connectivity index (χ1n) is 4.71. The van der Waals surface area contributed by atoms with Crippen LogP contribution in [0.4, 0.5) is 5.00 Å². The Kier molecular flexibility index (Phi) is 4.28. The third-order valence-electron chi connectivity index (χ3n) is 2.17. The summed E-state index contributed by atoms with van der Waals surface area (Å²) in [7, 11) is 0. The molecular weight excluding hydrogens is 210 g/mol. The third-order valence-corrected chi connectivity index (χ3v) is 3.00. The van der Waals surface area contributed by atoms with Gasteiger partial charge in [-0.3, -0.25) is 4.79 Å². The Bertz CT molecular complexity index is 376. The second-order valence-electron chi connectivity index (χ2n) is 3.11. The number of nitriles is 1. The standard InChI is InChI=1S/C10H13N3OS/c1-2-7(5-11)9(14)13-10-8(6-12)3-4-15-10/h3-4,7H,2,5,11H2,1H3,(H,13,14). The van der Waals surface area contributed by atoms with Gasteiger partial charge in [-0.2, -0.15) is 5.26 Å². The molecule has 1 aromatic rings. The molecule has 3 N–H and O–H groups in total. The predicted octanol–water partition coefficient (Wildman–Crippen LogP) is 1.54. The summed E-state index contributed by atoms with van der Waals surface area (Å²) in [5.74, 6) is -0.294. The average molecular weight is 223 g/mol. The fraction of sp³-hybridized carbons (Fsp3) is 0.400. The van der Waals surface area contributed by atoms with Crippen molar-refractivity contribution in [1.82, 2.24) is 0 Å². The van der Waals surface area contributed by atoms with E-state index in [-0.39, 0.29) is 11.8 Å². The molecule has 1 unspecified atom stereocenters. The van der Waals surface area contributed by atoms with E-state index in [1.807, 2.05) is 13.0 Å². The molecule has 0 radical (unpaired) electrons. The molecule has 1 rings (SSSR count). The van der Waals surface area contributed by atoms with Gasteiger partial charge in [-0.1, -0.05) is 6.92 Å². The Morgan fingerprint density at radius 2 is 2.53 bits per heavy atom. The number of nitrogens with one attached hydrogen (secondary N) is 1. The molecule has 0 fully saturated rings. The van der Waals surface area contributed by atoms with Gasteiger partial charge in [-0.15, -0.1) is 11.3 Å². The van der Waals surface area contributed by atoms with Gasteiger partial charge >= 0.3 is 0 Å². The second-order valence-corrected chi connectivity index (χ2v) is 4.02. The topological polar surface area (TPSA) is 78.9 Å². The SMILES string of the molecule is CCC(CN)C(=O)Nc1sccc1C#N. The Hall–Kier alpha value is -1.38. The van der Waals surface area contributed by atoms with Crippen molar-refractivity contribution < 1.29 is 4.79 Å². The van der Waals surface area contributed by atoms with E-state index >= 15 is 0 Å². The van der Waals surface area contributed by atoms with E-state index in [4.69, 9.17) is 11.0 Å². The van der Waals surface area contributed by atoms with Crippen LogP contribution in [0, 0.1) is 17.2 Å². The van der Waals surface area contributed by atoms with Crippen LogP contribution in [0.3, 0.4) is 0 Å². The highest BCUT2D eigenvalue weighted by Gasteiger charge is 2.16. The van der Waals surface area contributed by atoms with Gasteiger partial charge < -0.3 is 11.1 Å². The molecule has 0 aliphatic rings. The second kappa shape index (κ2) is 5.49. The van der Waals surface area contributed by atoms with Crippen molar-refractivity contribution in [1.29, 1.82) is 5.26 Å². The number of hydrogen-bond acceptors (Lipinski definition) is 4. The van der Waals surface area contributed by atoms with Crippen molar-refractivity contribution in [2.45, 2.75) is 13.3 Å². The number of nitrogens with two attached hydrogens (primary N) is 1. The maximum Gasteiger partial charge on any atom is 0.229 e. The summed E-state index contributed by atoms with van der Waals surface area (Å²) in [5.41, 5.74) is 5.96. The van der Waals surface area contributed by atoms with Crippen molar-refractivity contribution in [2.24, 2.45) is 11.7 Å². The van der Waals surface area contributed by atoms with Crippen LogP contribution >= 0.6 is 11.3 Å². The molecule has 0 aliphatic heterocycles. The first kappa shape index (κ1) is 11.7. The number of thiophene rings is 1. The molecule has 1 aromatic heterocycles. The first-order chi connectivity index (χ1) is 7.22. The lowest BCUT2D eigenvalue weighted by atomic mass is 10.1. The van der Waals surface area contributed by atoms with Gasteiger partial charge in [0.1, 0.15) is 11.1 Å². The Morgan fingerprint density at radius 1 is 1.80 bits per heavy atom. The Balaban J connectivity index is 2.70. The Labute approximate surface area is 92.7 Å². The quantitative estimate of drug-likeness (QED) is 0.812. The van der Waals surface area contributed by atoms with Gasteiger partial charge in [-0.05, 0) is 17.9 Å². The summed E-state index contributed by atoms with van der Waals surface area (Å²) in [4.78, 5) is 11.6. The van der Waals surface area contributed by atoms with Gasteiger partial charge in [0.25, 0.3) is 0 Å². The zero-order valence-electron chi connectivity index (χ0n) is 8.49. The van der Waals surface area contributed by atoms with Crippen LogP contribution in [0.5, 0.6) is 0 Å². The molecule has 0 spiro atoms. The molecule has 5 heteroatoms. The van der Waals surface area contributed by atoms with Crippen molar-refractivity contribution >= 4 is 22.2 Å². The van der Waals surface area contributed by atoms with E-state index in [2.05, 4.69) is 5.32 Å². The molecule has 4 nitrogen and oxygen atoms in total. The van der Waals surface area contributed by atoms with E-state index < -0.39 is 0 Å². The molecule has 0 aromatic carbocycles. The number of carbonyl (C=O) groups is 1. The number of carbonyl (C=O) groups excluding carboxylic acids is 1. The van der Waals surface area contributed by atoms with Gasteiger partial charge in [0.05, 0.1) is 11.5 Å². The van der Waals surface area contributed by atoms with Crippen LogP contribution in [0.1, 0.15) is 18.9 Å². The fourth-order valence-corrected chi connectivity index (χ4v) is 1.91. The molecule has 1 atom stereocenters. The van der Waals surface area contributed by atoms with Crippen LogP contribution in [-0.2, 0) is 4.79 Å². The maximum absolute atomic E-state index is 11.6. The van der Waals surface area contributed by atoms with Gasteiger partial charge in [0.2, 0.25) is 5.91 Å². The molecule has 80 valence electrons.